The van der Waals surface area contributed by atoms with Gasteiger partial charge in [0, 0.05) is 38.7 Å². The molecule has 3 aliphatic heterocycles. The van der Waals surface area contributed by atoms with Crippen molar-refractivity contribution < 1.29 is 13.3 Å². The van der Waals surface area contributed by atoms with E-state index in [4.69, 9.17) is 0 Å². The van der Waals surface area contributed by atoms with Gasteiger partial charge in [-0.15, -0.1) is 10.2 Å². The van der Waals surface area contributed by atoms with Crippen LogP contribution in [0.3, 0.4) is 0 Å². The molecule has 4 heterocycles. The number of nitro groups is 1. The predicted molar refractivity (Wildman–Crippen MR) is 127 cm³/mol. The molecule has 0 N–H and O–H groups in total. The van der Waals surface area contributed by atoms with Crippen LogP contribution >= 0.6 is 0 Å². The van der Waals surface area contributed by atoms with Crippen molar-refractivity contribution in [3.05, 3.63) is 40.0 Å². The van der Waals surface area contributed by atoms with Crippen LogP contribution in [0.2, 0.25) is 0 Å². The molecule has 184 valence electrons. The Morgan fingerprint density at radius 1 is 0.912 bits per heavy atom. The highest BCUT2D eigenvalue weighted by Crippen LogP contribution is 2.41. The topological polar surface area (TPSA) is 114 Å². The molecule has 0 amide bonds. The Kier molecular flexibility index (Phi) is 6.57. The number of aryl methyl sites for hydroxylation is 1. The largest absolute Gasteiger partial charge is 0.356 e. The van der Waals surface area contributed by atoms with Crippen LogP contribution in [0.5, 0.6) is 0 Å². The van der Waals surface area contributed by atoms with Gasteiger partial charge in [-0.2, -0.15) is 4.31 Å². The first kappa shape index (κ1) is 23.2. The number of nitrogens with zero attached hydrogens (tertiary/aromatic N) is 6. The second kappa shape index (κ2) is 9.61. The molecule has 0 spiro atoms. The van der Waals surface area contributed by atoms with Gasteiger partial charge in [-0.3, -0.25) is 10.1 Å². The molecule has 2 saturated heterocycles. The van der Waals surface area contributed by atoms with Crippen molar-refractivity contribution in [2.75, 3.05) is 24.5 Å². The van der Waals surface area contributed by atoms with Crippen LogP contribution in [0.1, 0.15) is 75.5 Å². The fraction of sp³-hybridized carbons (Fsp3) is 0.652. The standard InChI is InChI=1S/C23H32N6O4S/c30-29(31)21-17-18(34(32,33)26-13-5-1-2-6-14-26)11-12-19(21)27-16-8-9-20(27)23-25-24-22-10-4-3-7-15-28(22)23/h11-12,17,20H,1-10,13-16H2/t20-/m0/s1. The fourth-order valence-corrected chi connectivity index (χ4v) is 7.10. The van der Waals surface area contributed by atoms with Crippen molar-refractivity contribution in [1.82, 2.24) is 19.1 Å². The van der Waals surface area contributed by atoms with E-state index < -0.39 is 14.9 Å². The van der Waals surface area contributed by atoms with Crippen molar-refractivity contribution in [3.63, 3.8) is 0 Å². The number of anilines is 1. The van der Waals surface area contributed by atoms with E-state index in [9.17, 15) is 18.5 Å². The van der Waals surface area contributed by atoms with E-state index in [0.29, 0.717) is 25.3 Å². The Bertz CT molecular complexity index is 1160. The van der Waals surface area contributed by atoms with Gasteiger partial charge in [-0.05, 0) is 50.7 Å². The lowest BCUT2D eigenvalue weighted by Gasteiger charge is -2.27. The summed E-state index contributed by atoms with van der Waals surface area (Å²) in [4.78, 5) is 13.6. The van der Waals surface area contributed by atoms with Gasteiger partial charge in [0.1, 0.15) is 11.5 Å². The molecule has 1 aromatic carbocycles. The zero-order chi connectivity index (χ0) is 23.7. The fourth-order valence-electron chi connectivity index (χ4n) is 5.56. The third-order valence-corrected chi connectivity index (χ3v) is 9.24. The van der Waals surface area contributed by atoms with Crippen LogP contribution in [0.4, 0.5) is 11.4 Å². The number of rotatable bonds is 5. The smallest absolute Gasteiger partial charge is 0.293 e. The average molecular weight is 489 g/mol. The Morgan fingerprint density at radius 2 is 1.65 bits per heavy atom. The monoisotopic (exact) mass is 488 g/mol. The molecule has 0 radical (unpaired) electrons. The zero-order valence-electron chi connectivity index (χ0n) is 19.4. The molecule has 11 heteroatoms. The highest BCUT2D eigenvalue weighted by molar-refractivity contribution is 7.89. The number of nitro benzene ring substituents is 1. The van der Waals surface area contributed by atoms with E-state index in [1.54, 1.807) is 6.07 Å². The summed E-state index contributed by atoms with van der Waals surface area (Å²) < 4.78 is 30.2. The lowest BCUT2D eigenvalue weighted by atomic mass is 10.1. The summed E-state index contributed by atoms with van der Waals surface area (Å²) >= 11 is 0. The highest BCUT2D eigenvalue weighted by Gasteiger charge is 2.36. The van der Waals surface area contributed by atoms with Gasteiger partial charge in [0.2, 0.25) is 10.0 Å². The highest BCUT2D eigenvalue weighted by atomic mass is 32.2. The van der Waals surface area contributed by atoms with E-state index >= 15 is 0 Å². The number of hydrogen-bond acceptors (Lipinski definition) is 7. The minimum atomic E-state index is -3.77. The summed E-state index contributed by atoms with van der Waals surface area (Å²) in [6.45, 7) is 2.46. The van der Waals surface area contributed by atoms with Crippen LogP contribution in [-0.2, 0) is 23.0 Å². The maximum absolute atomic E-state index is 13.3. The molecule has 2 aromatic rings. The lowest BCUT2D eigenvalue weighted by molar-refractivity contribution is -0.384. The van der Waals surface area contributed by atoms with Crippen LogP contribution in [0, 0.1) is 10.1 Å². The summed E-state index contributed by atoms with van der Waals surface area (Å²) in [5.41, 5.74) is 0.284. The Morgan fingerprint density at radius 3 is 2.41 bits per heavy atom. The summed E-state index contributed by atoms with van der Waals surface area (Å²) in [5, 5.41) is 21.0. The van der Waals surface area contributed by atoms with E-state index in [1.807, 2.05) is 4.90 Å². The summed E-state index contributed by atoms with van der Waals surface area (Å²) in [6.07, 6.45) is 9.62. The summed E-state index contributed by atoms with van der Waals surface area (Å²) in [6, 6.07) is 4.28. The van der Waals surface area contributed by atoms with Gasteiger partial charge in [0.15, 0.2) is 5.82 Å². The van der Waals surface area contributed by atoms with Crippen molar-refractivity contribution in [1.29, 1.82) is 0 Å². The minimum Gasteiger partial charge on any atom is -0.356 e. The normalized spacial score (nSPS) is 22.2. The molecule has 2 fully saturated rings. The molecule has 1 aromatic heterocycles. The van der Waals surface area contributed by atoms with Crippen LogP contribution in [0.15, 0.2) is 23.1 Å². The third kappa shape index (κ3) is 4.31. The molecule has 5 rings (SSSR count). The maximum Gasteiger partial charge on any atom is 0.293 e. The number of aromatic nitrogens is 3. The van der Waals surface area contributed by atoms with Gasteiger partial charge >= 0.3 is 0 Å². The van der Waals surface area contributed by atoms with Crippen molar-refractivity contribution in [2.45, 2.75) is 81.7 Å². The predicted octanol–water partition coefficient (Wildman–Crippen LogP) is 3.82. The molecule has 3 aliphatic rings. The summed E-state index contributed by atoms with van der Waals surface area (Å²) in [7, 11) is -3.77. The molecule has 1 atom stereocenters. The van der Waals surface area contributed by atoms with Crippen LogP contribution in [-0.4, -0.2) is 52.0 Å². The molecular formula is C23H32N6O4S. The number of hydrogen-bond donors (Lipinski definition) is 0. The average Bonchev–Trinajstić information content (AvgIpc) is 3.26. The van der Waals surface area contributed by atoms with E-state index in [0.717, 1.165) is 82.4 Å². The molecular weight excluding hydrogens is 456 g/mol. The van der Waals surface area contributed by atoms with E-state index in [1.165, 1.54) is 16.4 Å². The van der Waals surface area contributed by atoms with Gasteiger partial charge in [-0.1, -0.05) is 19.3 Å². The van der Waals surface area contributed by atoms with Gasteiger partial charge in [0.05, 0.1) is 15.9 Å². The minimum absolute atomic E-state index is 0.00283. The molecule has 10 nitrogen and oxygen atoms in total. The van der Waals surface area contributed by atoms with Crippen molar-refractivity contribution in [3.8, 4) is 0 Å². The molecule has 0 unspecified atom stereocenters. The maximum atomic E-state index is 13.3. The molecule has 0 saturated carbocycles. The van der Waals surface area contributed by atoms with Gasteiger partial charge in [-0.25, -0.2) is 8.42 Å². The Labute approximate surface area is 200 Å². The summed E-state index contributed by atoms with van der Waals surface area (Å²) in [5.74, 6) is 1.86. The second-order valence-electron chi connectivity index (χ2n) is 9.51. The first-order valence-electron chi connectivity index (χ1n) is 12.4. The van der Waals surface area contributed by atoms with Crippen LogP contribution < -0.4 is 4.90 Å². The Hall–Kier alpha value is -2.53. The first-order chi connectivity index (χ1) is 16.5. The zero-order valence-corrected chi connectivity index (χ0v) is 20.2. The van der Waals surface area contributed by atoms with Gasteiger partial charge in [0.25, 0.3) is 5.69 Å². The quantitative estimate of drug-likeness (QED) is 0.464. The number of sulfonamides is 1. The van der Waals surface area contributed by atoms with Gasteiger partial charge < -0.3 is 9.47 Å². The Balaban J connectivity index is 1.49. The van der Waals surface area contributed by atoms with E-state index in [2.05, 4.69) is 14.8 Å². The molecule has 34 heavy (non-hydrogen) atoms. The van der Waals surface area contributed by atoms with Crippen molar-refractivity contribution >= 4 is 21.4 Å². The first-order valence-corrected chi connectivity index (χ1v) is 13.9. The third-order valence-electron chi connectivity index (χ3n) is 7.34. The molecule has 0 bridgehead atoms. The SMILES string of the molecule is O=[N+]([O-])c1cc(S(=O)(=O)N2CCCCCC2)ccc1N1CCC[C@H]1c1nnc2n1CCCCC2. The van der Waals surface area contributed by atoms with E-state index in [-0.39, 0.29) is 16.6 Å². The number of benzene rings is 1. The lowest BCUT2D eigenvalue weighted by Crippen LogP contribution is -2.32. The molecule has 0 aliphatic carbocycles. The van der Waals surface area contributed by atoms with Crippen LogP contribution in [0.25, 0.3) is 0 Å². The van der Waals surface area contributed by atoms with Crippen molar-refractivity contribution in [2.24, 2.45) is 0 Å². The second-order valence-corrected chi connectivity index (χ2v) is 11.5. The number of fused-ring (bicyclic) bond motifs is 1.